The molecule has 0 bridgehead atoms. The van der Waals surface area contributed by atoms with Crippen LogP contribution in [0.15, 0.2) is 54.6 Å². The van der Waals surface area contributed by atoms with Gasteiger partial charge in [0.2, 0.25) is 0 Å². The number of aromatic nitrogens is 3. The van der Waals surface area contributed by atoms with Crippen molar-refractivity contribution < 1.29 is 4.84 Å². The molecule has 1 heterocycles. The van der Waals surface area contributed by atoms with Gasteiger partial charge in [0.25, 0.3) is 0 Å². The molecule has 0 amide bonds. The molecular formula is C12H9N3O. The summed E-state index contributed by atoms with van der Waals surface area (Å²) in [5.41, 5.74) is 1.67. The number of benzene rings is 2. The molecule has 2 aromatic carbocycles. The van der Waals surface area contributed by atoms with E-state index in [9.17, 15) is 0 Å². The summed E-state index contributed by atoms with van der Waals surface area (Å²) in [5.74, 6) is 0.734. The average Bonchev–Trinajstić information content (AvgIpc) is 2.74. The van der Waals surface area contributed by atoms with E-state index < -0.39 is 0 Å². The Hall–Kier alpha value is -2.36. The first kappa shape index (κ1) is 8.91. The quantitative estimate of drug-likeness (QED) is 0.652. The lowest BCUT2D eigenvalue weighted by Crippen LogP contribution is -2.06. The Kier molecular flexibility index (Phi) is 2.04. The van der Waals surface area contributed by atoms with Crippen LogP contribution in [0.25, 0.3) is 11.0 Å². The molecule has 0 spiro atoms. The second-order valence-electron chi connectivity index (χ2n) is 3.36. The van der Waals surface area contributed by atoms with Gasteiger partial charge in [0.05, 0.1) is 0 Å². The average molecular weight is 211 g/mol. The summed E-state index contributed by atoms with van der Waals surface area (Å²) < 4.78 is 0. The summed E-state index contributed by atoms with van der Waals surface area (Å²) in [6.45, 7) is 0. The van der Waals surface area contributed by atoms with Crippen molar-refractivity contribution >= 4 is 11.0 Å². The molecule has 4 heteroatoms. The fourth-order valence-electron chi connectivity index (χ4n) is 1.50. The lowest BCUT2D eigenvalue weighted by Gasteiger charge is -2.03. The van der Waals surface area contributed by atoms with E-state index in [-0.39, 0.29) is 0 Å². The van der Waals surface area contributed by atoms with Crippen LogP contribution >= 0.6 is 0 Å². The topological polar surface area (TPSA) is 39.9 Å². The second kappa shape index (κ2) is 3.66. The first-order chi connectivity index (χ1) is 7.93. The lowest BCUT2D eigenvalue weighted by molar-refractivity contribution is 0.184. The maximum Gasteiger partial charge on any atom is 0.158 e. The zero-order valence-corrected chi connectivity index (χ0v) is 8.45. The third-order valence-electron chi connectivity index (χ3n) is 2.26. The fourth-order valence-corrected chi connectivity index (χ4v) is 1.50. The molecule has 0 unspecified atom stereocenters. The van der Waals surface area contributed by atoms with Crippen LogP contribution in [0.4, 0.5) is 0 Å². The van der Waals surface area contributed by atoms with Gasteiger partial charge in [-0.1, -0.05) is 35.2 Å². The zero-order valence-electron chi connectivity index (χ0n) is 8.45. The highest BCUT2D eigenvalue weighted by Gasteiger charge is 2.04. The van der Waals surface area contributed by atoms with Gasteiger partial charge in [-0.05, 0) is 29.5 Å². The minimum absolute atomic E-state index is 0.734. The number of nitrogens with zero attached hydrogens (tertiary/aromatic N) is 3. The van der Waals surface area contributed by atoms with Crippen molar-refractivity contribution in [1.82, 2.24) is 15.2 Å². The molecule has 4 nitrogen and oxygen atoms in total. The molecule has 0 aliphatic carbocycles. The predicted octanol–water partition coefficient (Wildman–Crippen LogP) is 2.27. The maximum absolute atomic E-state index is 5.57. The van der Waals surface area contributed by atoms with E-state index in [1.54, 1.807) is 0 Å². The van der Waals surface area contributed by atoms with Crippen LogP contribution in [0.2, 0.25) is 0 Å². The lowest BCUT2D eigenvalue weighted by atomic mass is 10.3. The standard InChI is InChI=1S/C12H9N3O/c1-2-6-10(7-3-1)16-15-12-9-5-4-8-11(12)13-14-15/h1-9H. The van der Waals surface area contributed by atoms with Crippen molar-refractivity contribution in [3.05, 3.63) is 54.6 Å². The van der Waals surface area contributed by atoms with Crippen LogP contribution < -0.4 is 4.84 Å². The first-order valence-corrected chi connectivity index (χ1v) is 4.97. The Balaban J connectivity index is 2.01. The highest BCUT2D eigenvalue weighted by atomic mass is 16.7. The molecule has 16 heavy (non-hydrogen) atoms. The maximum atomic E-state index is 5.57. The van der Waals surface area contributed by atoms with Crippen LogP contribution in [0.5, 0.6) is 5.75 Å². The van der Waals surface area contributed by atoms with Crippen molar-refractivity contribution in [3.63, 3.8) is 0 Å². The molecule has 3 aromatic rings. The molecule has 78 valence electrons. The zero-order chi connectivity index (χ0) is 10.8. The number of hydrogen-bond acceptors (Lipinski definition) is 3. The van der Waals surface area contributed by atoms with Gasteiger partial charge < -0.3 is 4.84 Å². The van der Waals surface area contributed by atoms with Gasteiger partial charge in [0, 0.05) is 0 Å². The molecular weight excluding hydrogens is 202 g/mol. The molecule has 3 rings (SSSR count). The highest BCUT2D eigenvalue weighted by Crippen LogP contribution is 2.13. The largest absolute Gasteiger partial charge is 0.356 e. The molecule has 0 atom stereocenters. The number of para-hydroxylation sites is 2. The van der Waals surface area contributed by atoms with Crippen molar-refractivity contribution in [2.45, 2.75) is 0 Å². The number of hydrogen-bond donors (Lipinski definition) is 0. The predicted molar refractivity (Wildman–Crippen MR) is 60.0 cm³/mol. The Morgan fingerprint density at radius 3 is 2.50 bits per heavy atom. The summed E-state index contributed by atoms with van der Waals surface area (Å²) in [6, 6.07) is 17.2. The van der Waals surface area contributed by atoms with Crippen LogP contribution in [0, 0.1) is 0 Å². The highest BCUT2D eigenvalue weighted by molar-refractivity contribution is 5.73. The molecule has 0 saturated carbocycles. The van der Waals surface area contributed by atoms with E-state index >= 15 is 0 Å². The van der Waals surface area contributed by atoms with Crippen LogP contribution in [0.3, 0.4) is 0 Å². The second-order valence-corrected chi connectivity index (χ2v) is 3.36. The Labute approximate surface area is 92.0 Å². The molecule has 0 aliphatic heterocycles. The summed E-state index contributed by atoms with van der Waals surface area (Å²) in [5, 5.41) is 7.94. The minimum atomic E-state index is 0.734. The van der Waals surface area contributed by atoms with Crippen molar-refractivity contribution in [2.24, 2.45) is 0 Å². The van der Waals surface area contributed by atoms with Crippen LogP contribution in [-0.2, 0) is 0 Å². The van der Waals surface area contributed by atoms with Crippen molar-refractivity contribution in [3.8, 4) is 5.75 Å². The van der Waals surface area contributed by atoms with Crippen LogP contribution in [-0.4, -0.2) is 15.2 Å². The number of fused-ring (bicyclic) bond motifs is 1. The van der Waals surface area contributed by atoms with Gasteiger partial charge in [0.1, 0.15) is 11.0 Å². The monoisotopic (exact) mass is 211 g/mol. The van der Waals surface area contributed by atoms with Gasteiger partial charge in [-0.3, -0.25) is 0 Å². The minimum Gasteiger partial charge on any atom is -0.356 e. The van der Waals surface area contributed by atoms with Crippen molar-refractivity contribution in [2.75, 3.05) is 0 Å². The molecule has 0 N–H and O–H groups in total. The Morgan fingerprint density at radius 2 is 1.62 bits per heavy atom. The van der Waals surface area contributed by atoms with Gasteiger partial charge in [-0.2, -0.15) is 0 Å². The summed E-state index contributed by atoms with van der Waals surface area (Å²) in [7, 11) is 0. The summed E-state index contributed by atoms with van der Waals surface area (Å²) >= 11 is 0. The molecule has 1 aromatic heterocycles. The van der Waals surface area contributed by atoms with Gasteiger partial charge in [-0.15, -0.1) is 5.10 Å². The molecule has 0 fully saturated rings. The first-order valence-electron chi connectivity index (χ1n) is 4.97. The Morgan fingerprint density at radius 1 is 0.875 bits per heavy atom. The van der Waals surface area contributed by atoms with E-state index in [4.69, 9.17) is 4.84 Å². The van der Waals surface area contributed by atoms with E-state index in [2.05, 4.69) is 10.3 Å². The van der Waals surface area contributed by atoms with Gasteiger partial charge in [-0.25, -0.2) is 0 Å². The normalized spacial score (nSPS) is 10.5. The molecule has 0 saturated heterocycles. The van der Waals surface area contributed by atoms with E-state index in [1.165, 1.54) is 4.85 Å². The summed E-state index contributed by atoms with van der Waals surface area (Å²) in [6.07, 6.45) is 0. The molecule has 0 aliphatic rings. The Bertz CT molecular complexity index is 604. The SMILES string of the molecule is c1ccc(On2nnc3ccccc32)cc1. The molecule has 0 radical (unpaired) electrons. The fraction of sp³-hybridized carbons (Fsp3) is 0. The van der Waals surface area contributed by atoms with Crippen LogP contribution in [0.1, 0.15) is 0 Å². The third kappa shape index (κ3) is 1.50. The van der Waals surface area contributed by atoms with Gasteiger partial charge in [0.15, 0.2) is 5.75 Å². The summed E-state index contributed by atoms with van der Waals surface area (Å²) in [4.78, 5) is 7.00. The van der Waals surface area contributed by atoms with Gasteiger partial charge >= 0.3 is 0 Å². The van der Waals surface area contributed by atoms with E-state index in [0.29, 0.717) is 0 Å². The van der Waals surface area contributed by atoms with E-state index in [1.807, 2.05) is 54.6 Å². The van der Waals surface area contributed by atoms with E-state index in [0.717, 1.165) is 16.8 Å². The van der Waals surface area contributed by atoms with Crippen molar-refractivity contribution in [1.29, 1.82) is 0 Å². The number of rotatable bonds is 2. The third-order valence-corrected chi connectivity index (χ3v) is 2.26. The smallest absolute Gasteiger partial charge is 0.158 e.